The highest BCUT2D eigenvalue weighted by Gasteiger charge is 2.19. The molecule has 1 aliphatic carbocycles. The molecule has 5 nitrogen and oxygen atoms in total. The van der Waals surface area contributed by atoms with Crippen LogP contribution in [0.3, 0.4) is 0 Å². The van der Waals surface area contributed by atoms with Gasteiger partial charge in [0.2, 0.25) is 0 Å². The maximum Gasteiger partial charge on any atom is 0.319 e. The van der Waals surface area contributed by atoms with Crippen LogP contribution in [0.5, 0.6) is 0 Å². The Labute approximate surface area is 130 Å². The standard InChI is InChI=1S/C15H25F2N5/c1-3-18-15(21-12-6-4-11(2)5-7-12)20-10-13-19-8-9-22(13)14(16)17/h8-9,11-12,14H,3-7,10H2,1-2H3,(H2,18,20,21). The molecule has 2 rings (SSSR count). The number of imidazole rings is 1. The minimum absolute atomic E-state index is 0.135. The Morgan fingerprint density at radius 1 is 1.41 bits per heavy atom. The van der Waals surface area contributed by atoms with Crippen LogP contribution in [-0.4, -0.2) is 28.1 Å². The molecular formula is C15H25F2N5. The summed E-state index contributed by atoms with van der Waals surface area (Å²) in [5.41, 5.74) is 0. The SMILES string of the molecule is CCNC(=NCc1nccn1C(F)F)NC1CCC(C)CC1. The van der Waals surface area contributed by atoms with Crippen LogP contribution in [0.2, 0.25) is 0 Å². The first-order chi connectivity index (χ1) is 10.6. The van der Waals surface area contributed by atoms with Crippen molar-refractivity contribution in [2.75, 3.05) is 6.54 Å². The second-order valence-corrected chi connectivity index (χ2v) is 5.82. The normalized spacial score (nSPS) is 22.9. The average molecular weight is 313 g/mol. The summed E-state index contributed by atoms with van der Waals surface area (Å²) in [6.45, 7) is 2.55. The van der Waals surface area contributed by atoms with Gasteiger partial charge < -0.3 is 10.6 Å². The Morgan fingerprint density at radius 2 is 2.14 bits per heavy atom. The molecule has 0 aromatic carbocycles. The van der Waals surface area contributed by atoms with E-state index in [4.69, 9.17) is 0 Å². The Morgan fingerprint density at radius 3 is 2.77 bits per heavy atom. The average Bonchev–Trinajstić information content (AvgIpc) is 2.96. The van der Waals surface area contributed by atoms with E-state index in [9.17, 15) is 8.78 Å². The second-order valence-electron chi connectivity index (χ2n) is 5.82. The van der Waals surface area contributed by atoms with E-state index in [0.717, 1.165) is 29.9 Å². The number of aromatic nitrogens is 2. The zero-order valence-corrected chi connectivity index (χ0v) is 13.2. The van der Waals surface area contributed by atoms with E-state index < -0.39 is 6.55 Å². The van der Waals surface area contributed by atoms with Crippen LogP contribution >= 0.6 is 0 Å². The van der Waals surface area contributed by atoms with E-state index in [0.29, 0.717) is 12.0 Å². The lowest BCUT2D eigenvalue weighted by Crippen LogP contribution is -2.44. The fraction of sp³-hybridized carbons (Fsp3) is 0.733. The minimum Gasteiger partial charge on any atom is -0.357 e. The topological polar surface area (TPSA) is 54.2 Å². The smallest absolute Gasteiger partial charge is 0.319 e. The molecule has 1 heterocycles. The predicted octanol–water partition coefficient (Wildman–Crippen LogP) is 2.91. The van der Waals surface area contributed by atoms with E-state index in [1.807, 2.05) is 6.92 Å². The number of hydrogen-bond acceptors (Lipinski definition) is 2. The Bertz CT molecular complexity index is 478. The molecule has 7 heteroatoms. The van der Waals surface area contributed by atoms with Gasteiger partial charge in [0.25, 0.3) is 0 Å². The molecule has 1 aliphatic rings. The quantitative estimate of drug-likeness (QED) is 0.649. The first kappa shape index (κ1) is 16.7. The molecule has 1 saturated carbocycles. The van der Waals surface area contributed by atoms with Gasteiger partial charge in [-0.1, -0.05) is 6.92 Å². The van der Waals surface area contributed by atoms with E-state index in [1.165, 1.54) is 25.2 Å². The summed E-state index contributed by atoms with van der Waals surface area (Å²) in [6, 6.07) is 0.406. The molecule has 1 aromatic heterocycles. The van der Waals surface area contributed by atoms with Crippen LogP contribution in [0.1, 0.15) is 51.9 Å². The van der Waals surface area contributed by atoms with Crippen LogP contribution in [0, 0.1) is 5.92 Å². The predicted molar refractivity (Wildman–Crippen MR) is 82.9 cm³/mol. The second kappa shape index (κ2) is 8.10. The first-order valence-electron chi connectivity index (χ1n) is 7.94. The van der Waals surface area contributed by atoms with Gasteiger partial charge >= 0.3 is 6.55 Å². The van der Waals surface area contributed by atoms with Gasteiger partial charge in [0.15, 0.2) is 5.96 Å². The summed E-state index contributed by atoms with van der Waals surface area (Å²) >= 11 is 0. The van der Waals surface area contributed by atoms with Crippen molar-refractivity contribution in [3.05, 3.63) is 18.2 Å². The van der Waals surface area contributed by atoms with Gasteiger partial charge in [-0.3, -0.25) is 4.57 Å². The number of nitrogens with zero attached hydrogens (tertiary/aromatic N) is 3. The van der Waals surface area contributed by atoms with Crippen LogP contribution < -0.4 is 10.6 Å². The Kier molecular flexibility index (Phi) is 6.15. The number of rotatable bonds is 5. The van der Waals surface area contributed by atoms with Crippen molar-refractivity contribution in [1.82, 2.24) is 20.2 Å². The lowest BCUT2D eigenvalue weighted by molar-refractivity contribution is 0.0671. The molecule has 2 N–H and O–H groups in total. The number of aliphatic imine (C=N–C) groups is 1. The zero-order valence-electron chi connectivity index (χ0n) is 13.2. The summed E-state index contributed by atoms with van der Waals surface area (Å²) in [5.74, 6) is 1.73. The zero-order chi connectivity index (χ0) is 15.9. The van der Waals surface area contributed by atoms with Crippen molar-refractivity contribution in [2.45, 2.75) is 58.7 Å². The molecule has 0 unspecified atom stereocenters. The van der Waals surface area contributed by atoms with Crippen LogP contribution in [0.15, 0.2) is 17.4 Å². The molecular weight excluding hydrogens is 288 g/mol. The third-order valence-corrected chi connectivity index (χ3v) is 4.04. The van der Waals surface area contributed by atoms with Crippen molar-refractivity contribution in [3.8, 4) is 0 Å². The van der Waals surface area contributed by atoms with Crippen LogP contribution in [0.4, 0.5) is 8.78 Å². The van der Waals surface area contributed by atoms with E-state index in [1.54, 1.807) is 0 Å². The molecule has 0 bridgehead atoms. The van der Waals surface area contributed by atoms with Gasteiger partial charge in [-0.15, -0.1) is 0 Å². The number of hydrogen-bond donors (Lipinski definition) is 2. The lowest BCUT2D eigenvalue weighted by Gasteiger charge is -2.28. The van der Waals surface area contributed by atoms with Gasteiger partial charge in [0.1, 0.15) is 12.4 Å². The van der Waals surface area contributed by atoms with Crippen molar-refractivity contribution in [3.63, 3.8) is 0 Å². The minimum atomic E-state index is -2.58. The highest BCUT2D eigenvalue weighted by atomic mass is 19.3. The monoisotopic (exact) mass is 313 g/mol. The van der Waals surface area contributed by atoms with Crippen LogP contribution in [0.25, 0.3) is 0 Å². The summed E-state index contributed by atoms with van der Waals surface area (Å²) < 4.78 is 26.4. The molecule has 0 aliphatic heterocycles. The molecule has 22 heavy (non-hydrogen) atoms. The lowest BCUT2D eigenvalue weighted by atomic mass is 9.87. The van der Waals surface area contributed by atoms with E-state index in [-0.39, 0.29) is 12.4 Å². The number of guanidine groups is 1. The molecule has 0 spiro atoms. The summed E-state index contributed by atoms with van der Waals surface area (Å²) in [7, 11) is 0. The summed E-state index contributed by atoms with van der Waals surface area (Å²) in [6.07, 6.45) is 7.33. The van der Waals surface area contributed by atoms with Crippen molar-refractivity contribution >= 4 is 5.96 Å². The molecule has 0 atom stereocenters. The number of nitrogens with one attached hydrogen (secondary N) is 2. The Hall–Kier alpha value is -1.66. The van der Waals surface area contributed by atoms with E-state index in [2.05, 4.69) is 27.5 Å². The van der Waals surface area contributed by atoms with Crippen molar-refractivity contribution in [1.29, 1.82) is 0 Å². The van der Waals surface area contributed by atoms with E-state index >= 15 is 0 Å². The first-order valence-corrected chi connectivity index (χ1v) is 7.94. The van der Waals surface area contributed by atoms with Crippen molar-refractivity contribution < 1.29 is 8.78 Å². The van der Waals surface area contributed by atoms with Crippen molar-refractivity contribution in [2.24, 2.45) is 10.9 Å². The highest BCUT2D eigenvalue weighted by molar-refractivity contribution is 5.80. The van der Waals surface area contributed by atoms with Gasteiger partial charge in [0.05, 0.1) is 0 Å². The third kappa shape index (κ3) is 4.68. The van der Waals surface area contributed by atoms with Gasteiger partial charge in [-0.2, -0.15) is 8.78 Å². The van der Waals surface area contributed by atoms with Gasteiger partial charge in [-0.25, -0.2) is 9.98 Å². The fourth-order valence-electron chi connectivity index (χ4n) is 2.71. The van der Waals surface area contributed by atoms with Crippen LogP contribution in [-0.2, 0) is 6.54 Å². The molecule has 124 valence electrons. The molecule has 0 saturated heterocycles. The molecule has 1 fully saturated rings. The largest absolute Gasteiger partial charge is 0.357 e. The number of alkyl halides is 2. The summed E-state index contributed by atoms with van der Waals surface area (Å²) in [5, 5.41) is 6.57. The Balaban J connectivity index is 1.96. The van der Waals surface area contributed by atoms with Gasteiger partial charge in [-0.05, 0) is 38.5 Å². The maximum atomic E-state index is 12.8. The maximum absolute atomic E-state index is 12.8. The molecule has 0 radical (unpaired) electrons. The fourth-order valence-corrected chi connectivity index (χ4v) is 2.71. The van der Waals surface area contributed by atoms with Gasteiger partial charge in [0, 0.05) is 25.0 Å². The molecule has 1 aromatic rings. The highest BCUT2D eigenvalue weighted by Crippen LogP contribution is 2.23. The third-order valence-electron chi connectivity index (χ3n) is 4.04. The number of halogens is 2. The molecule has 0 amide bonds. The summed E-state index contributed by atoms with van der Waals surface area (Å²) in [4.78, 5) is 8.34.